The van der Waals surface area contributed by atoms with E-state index in [-0.39, 0.29) is 0 Å². The molecule has 2 heterocycles. The topological polar surface area (TPSA) is 21.1 Å². The molecule has 3 heteroatoms. The van der Waals surface area contributed by atoms with Crippen molar-refractivity contribution >= 4 is 5.57 Å². The van der Waals surface area contributed by atoms with Gasteiger partial charge in [0.2, 0.25) is 0 Å². The number of rotatable bonds is 10. The minimum Gasteiger partial charge on any atom is -0.337 e. The van der Waals surface area contributed by atoms with Crippen molar-refractivity contribution in [3.63, 3.8) is 0 Å². The highest BCUT2D eigenvalue weighted by Crippen LogP contribution is 2.28. The van der Waals surface area contributed by atoms with Gasteiger partial charge in [-0.3, -0.25) is 0 Å². The molecule has 1 aliphatic heterocycles. The number of piperidine rings is 1. The molecular weight excluding hydrogens is 378 g/mol. The summed E-state index contributed by atoms with van der Waals surface area (Å²) in [6, 6.07) is 21.7. The molecule has 0 bridgehead atoms. The van der Waals surface area contributed by atoms with Crippen molar-refractivity contribution in [3.05, 3.63) is 96.6 Å². The molecule has 0 saturated carbocycles. The first-order valence-corrected chi connectivity index (χ1v) is 11.9. The lowest BCUT2D eigenvalue weighted by atomic mass is 9.89. The standard InChI is InChI=1S/C28H35N3/c1(2-10-19-31-22-17-29-24-31)9-18-30-20-15-25(16-21-30)23-28(26-11-5-3-6-12-26)27-13-7-4-8-14-27/h3-8,11-14,17,22-25H,1-2,9-10,15-16,18-21H2. The molecular formula is C28H35N3. The predicted octanol–water partition coefficient (Wildman–Crippen LogP) is 6.29. The summed E-state index contributed by atoms with van der Waals surface area (Å²) in [5, 5.41) is 0. The van der Waals surface area contributed by atoms with E-state index in [0.717, 1.165) is 6.54 Å². The lowest BCUT2D eigenvalue weighted by molar-refractivity contribution is 0.199. The Labute approximate surface area is 187 Å². The third-order valence-electron chi connectivity index (χ3n) is 6.40. The largest absolute Gasteiger partial charge is 0.337 e. The Hall–Kier alpha value is -2.65. The van der Waals surface area contributed by atoms with Gasteiger partial charge in [-0.2, -0.15) is 0 Å². The number of unbranched alkanes of at least 4 members (excludes halogenated alkanes) is 3. The molecule has 2 aromatic carbocycles. The van der Waals surface area contributed by atoms with Crippen LogP contribution in [0.3, 0.4) is 0 Å². The minimum absolute atomic E-state index is 0.668. The summed E-state index contributed by atoms with van der Waals surface area (Å²) in [6.45, 7) is 4.81. The minimum atomic E-state index is 0.668. The summed E-state index contributed by atoms with van der Waals surface area (Å²) in [7, 11) is 0. The summed E-state index contributed by atoms with van der Waals surface area (Å²) in [6.07, 6.45) is 16.1. The Balaban J connectivity index is 1.23. The second-order valence-corrected chi connectivity index (χ2v) is 8.71. The molecule has 162 valence electrons. The van der Waals surface area contributed by atoms with Crippen molar-refractivity contribution in [1.29, 1.82) is 0 Å². The van der Waals surface area contributed by atoms with Crippen molar-refractivity contribution < 1.29 is 0 Å². The number of hydrogen-bond acceptors (Lipinski definition) is 2. The van der Waals surface area contributed by atoms with Crippen LogP contribution in [0, 0.1) is 5.92 Å². The second kappa shape index (κ2) is 11.7. The van der Waals surface area contributed by atoms with Gasteiger partial charge in [0.15, 0.2) is 0 Å². The van der Waals surface area contributed by atoms with E-state index in [1.54, 1.807) is 0 Å². The average molecular weight is 414 g/mol. The fourth-order valence-electron chi connectivity index (χ4n) is 4.58. The molecule has 3 nitrogen and oxygen atoms in total. The Morgan fingerprint density at radius 2 is 1.42 bits per heavy atom. The number of likely N-dealkylation sites (tertiary alicyclic amines) is 1. The number of nitrogens with zero attached hydrogens (tertiary/aromatic N) is 3. The number of benzene rings is 2. The van der Waals surface area contributed by atoms with Gasteiger partial charge in [0.25, 0.3) is 0 Å². The van der Waals surface area contributed by atoms with Gasteiger partial charge < -0.3 is 9.47 Å². The van der Waals surface area contributed by atoms with E-state index in [4.69, 9.17) is 0 Å². The molecule has 0 spiro atoms. The SMILES string of the molecule is C(=C(c1ccccc1)c1ccccc1)C1CCN(CCCCCCn2ccnc2)CC1. The highest BCUT2D eigenvalue weighted by molar-refractivity contribution is 5.79. The molecule has 0 amide bonds. The van der Waals surface area contributed by atoms with Crippen molar-refractivity contribution in [2.24, 2.45) is 5.92 Å². The van der Waals surface area contributed by atoms with Crippen molar-refractivity contribution in [2.45, 2.75) is 45.1 Å². The van der Waals surface area contributed by atoms with Gasteiger partial charge in [0.05, 0.1) is 6.33 Å². The molecule has 3 aromatic rings. The maximum atomic E-state index is 4.11. The van der Waals surface area contributed by atoms with E-state index >= 15 is 0 Å². The molecule has 0 atom stereocenters. The Bertz CT molecular complexity index is 850. The number of aromatic nitrogens is 2. The van der Waals surface area contributed by atoms with Crippen LogP contribution < -0.4 is 0 Å². The molecule has 0 N–H and O–H groups in total. The monoisotopic (exact) mass is 413 g/mol. The number of hydrogen-bond donors (Lipinski definition) is 0. The van der Waals surface area contributed by atoms with E-state index in [9.17, 15) is 0 Å². The molecule has 1 aliphatic rings. The summed E-state index contributed by atoms with van der Waals surface area (Å²) in [5.74, 6) is 0.668. The first-order valence-electron chi connectivity index (χ1n) is 11.9. The zero-order valence-electron chi connectivity index (χ0n) is 18.6. The van der Waals surface area contributed by atoms with Crippen LogP contribution in [0.25, 0.3) is 5.57 Å². The fraction of sp³-hybridized carbons (Fsp3) is 0.393. The molecule has 0 aliphatic carbocycles. The van der Waals surface area contributed by atoms with Crippen molar-refractivity contribution in [2.75, 3.05) is 19.6 Å². The molecule has 0 radical (unpaired) electrons. The summed E-state index contributed by atoms with van der Waals surface area (Å²) in [4.78, 5) is 6.78. The smallest absolute Gasteiger partial charge is 0.0945 e. The van der Waals surface area contributed by atoms with Gasteiger partial charge in [0, 0.05) is 18.9 Å². The highest BCUT2D eigenvalue weighted by Gasteiger charge is 2.18. The van der Waals surface area contributed by atoms with E-state index in [0.29, 0.717) is 5.92 Å². The second-order valence-electron chi connectivity index (χ2n) is 8.71. The third-order valence-corrected chi connectivity index (χ3v) is 6.40. The first kappa shape index (κ1) is 21.6. The Morgan fingerprint density at radius 3 is 2.00 bits per heavy atom. The van der Waals surface area contributed by atoms with Gasteiger partial charge in [-0.1, -0.05) is 79.6 Å². The first-order chi connectivity index (χ1) is 15.4. The zero-order valence-corrected chi connectivity index (χ0v) is 18.6. The maximum absolute atomic E-state index is 4.11. The van der Waals surface area contributed by atoms with Crippen LogP contribution in [-0.2, 0) is 6.54 Å². The number of aryl methyl sites for hydroxylation is 1. The van der Waals surface area contributed by atoms with E-state index in [2.05, 4.69) is 87.4 Å². The fourth-order valence-corrected chi connectivity index (χ4v) is 4.58. The Kier molecular flexibility index (Phi) is 8.12. The van der Waals surface area contributed by atoms with Gasteiger partial charge in [0.1, 0.15) is 0 Å². The molecule has 0 unspecified atom stereocenters. The Morgan fingerprint density at radius 1 is 0.806 bits per heavy atom. The summed E-state index contributed by atoms with van der Waals surface area (Å²) >= 11 is 0. The van der Waals surface area contributed by atoms with E-state index < -0.39 is 0 Å². The summed E-state index contributed by atoms with van der Waals surface area (Å²) in [5.41, 5.74) is 4.04. The molecule has 1 fully saturated rings. The number of allylic oxidation sites excluding steroid dienone is 1. The molecule has 31 heavy (non-hydrogen) atoms. The lowest BCUT2D eigenvalue weighted by Crippen LogP contribution is -2.34. The lowest BCUT2D eigenvalue weighted by Gasteiger charge is -2.31. The average Bonchev–Trinajstić information content (AvgIpc) is 3.35. The van der Waals surface area contributed by atoms with Crippen LogP contribution in [0.4, 0.5) is 0 Å². The van der Waals surface area contributed by atoms with Crippen LogP contribution in [0.15, 0.2) is 85.5 Å². The van der Waals surface area contributed by atoms with Gasteiger partial charge in [-0.15, -0.1) is 0 Å². The van der Waals surface area contributed by atoms with Crippen LogP contribution in [0.1, 0.15) is 49.7 Å². The van der Waals surface area contributed by atoms with Crippen LogP contribution >= 0.6 is 0 Å². The normalized spacial score (nSPS) is 15.1. The third kappa shape index (κ3) is 6.67. The predicted molar refractivity (Wildman–Crippen MR) is 130 cm³/mol. The maximum Gasteiger partial charge on any atom is 0.0945 e. The van der Waals surface area contributed by atoms with Crippen LogP contribution in [-0.4, -0.2) is 34.1 Å². The van der Waals surface area contributed by atoms with Crippen molar-refractivity contribution in [1.82, 2.24) is 14.5 Å². The number of imidazole rings is 1. The van der Waals surface area contributed by atoms with Gasteiger partial charge in [-0.25, -0.2) is 4.98 Å². The van der Waals surface area contributed by atoms with Crippen molar-refractivity contribution in [3.8, 4) is 0 Å². The zero-order chi connectivity index (χ0) is 21.1. The van der Waals surface area contributed by atoms with Crippen LogP contribution in [0.5, 0.6) is 0 Å². The molecule has 4 rings (SSSR count). The van der Waals surface area contributed by atoms with Gasteiger partial charge in [-0.05, 0) is 67.9 Å². The highest BCUT2D eigenvalue weighted by atomic mass is 15.1. The molecule has 1 saturated heterocycles. The molecule has 1 aromatic heterocycles. The van der Waals surface area contributed by atoms with Gasteiger partial charge >= 0.3 is 0 Å². The van der Waals surface area contributed by atoms with E-state index in [1.807, 2.05) is 12.5 Å². The summed E-state index contributed by atoms with van der Waals surface area (Å²) < 4.78 is 2.18. The van der Waals surface area contributed by atoms with Crippen LogP contribution in [0.2, 0.25) is 0 Å². The quantitative estimate of drug-likeness (QED) is 0.364. The van der Waals surface area contributed by atoms with E-state index in [1.165, 1.54) is 74.9 Å².